The van der Waals surface area contributed by atoms with Crippen molar-refractivity contribution in [2.45, 2.75) is 39.5 Å². The lowest BCUT2D eigenvalue weighted by atomic mass is 9.96. The Hall–Kier alpha value is -2.73. The van der Waals surface area contributed by atoms with Gasteiger partial charge in [-0.25, -0.2) is 9.79 Å². The van der Waals surface area contributed by atoms with Crippen LogP contribution < -0.4 is 10.1 Å². The van der Waals surface area contributed by atoms with E-state index in [-0.39, 0.29) is 5.97 Å². The van der Waals surface area contributed by atoms with Gasteiger partial charge in [-0.1, -0.05) is 59.8 Å². The first kappa shape index (κ1) is 22.0. The lowest BCUT2D eigenvalue weighted by molar-refractivity contribution is -0.138. The van der Waals surface area contributed by atoms with Gasteiger partial charge in [-0.2, -0.15) is 0 Å². The SMILES string of the molecule is CCOC(=O)C1=C(C)NC(SCc2cccc(C)c2)=N[C@H]1c1ccccc1OCC. The number of rotatable bonds is 7. The van der Waals surface area contributed by atoms with Gasteiger partial charge in [0.05, 0.1) is 18.8 Å². The van der Waals surface area contributed by atoms with Gasteiger partial charge in [-0.15, -0.1) is 0 Å². The van der Waals surface area contributed by atoms with Crippen LogP contribution in [-0.4, -0.2) is 24.4 Å². The van der Waals surface area contributed by atoms with E-state index in [0.717, 1.165) is 27.9 Å². The zero-order chi connectivity index (χ0) is 21.5. The average molecular weight is 425 g/mol. The highest BCUT2D eigenvalue weighted by Crippen LogP contribution is 2.37. The number of aryl methyl sites for hydroxylation is 1. The summed E-state index contributed by atoms with van der Waals surface area (Å²) in [6.45, 7) is 8.58. The third kappa shape index (κ3) is 5.25. The Morgan fingerprint density at radius 1 is 1.10 bits per heavy atom. The second-order valence-corrected chi connectivity index (χ2v) is 7.93. The second-order valence-electron chi connectivity index (χ2n) is 6.97. The van der Waals surface area contributed by atoms with Gasteiger partial charge in [0, 0.05) is 17.0 Å². The first-order chi connectivity index (χ1) is 14.5. The van der Waals surface area contributed by atoms with Crippen LogP contribution >= 0.6 is 11.8 Å². The Labute approximate surface area is 182 Å². The molecule has 2 aromatic carbocycles. The Kier molecular flexibility index (Phi) is 7.57. The molecule has 1 aliphatic heterocycles. The largest absolute Gasteiger partial charge is 0.494 e. The number of esters is 1. The molecule has 1 atom stereocenters. The summed E-state index contributed by atoms with van der Waals surface area (Å²) in [6.07, 6.45) is 0. The lowest BCUT2D eigenvalue weighted by Gasteiger charge is -2.27. The maximum Gasteiger partial charge on any atom is 0.338 e. The molecule has 1 N–H and O–H groups in total. The van der Waals surface area contributed by atoms with Gasteiger partial charge >= 0.3 is 5.97 Å². The number of hydrogen-bond acceptors (Lipinski definition) is 6. The standard InChI is InChI=1S/C24H28N2O3S/c1-5-28-20-13-8-7-12-19(20)22-21(23(27)29-6-2)17(4)25-24(26-22)30-15-18-11-9-10-16(3)14-18/h7-14,22H,5-6,15H2,1-4H3,(H,25,26)/t22-/m0/s1. The number of amidine groups is 1. The Morgan fingerprint density at radius 2 is 1.90 bits per heavy atom. The normalized spacial score (nSPS) is 16.0. The van der Waals surface area contributed by atoms with Gasteiger partial charge in [0.15, 0.2) is 5.17 Å². The van der Waals surface area contributed by atoms with Gasteiger partial charge in [0.25, 0.3) is 0 Å². The van der Waals surface area contributed by atoms with Crippen molar-refractivity contribution in [1.82, 2.24) is 5.32 Å². The summed E-state index contributed by atoms with van der Waals surface area (Å²) < 4.78 is 11.1. The van der Waals surface area contributed by atoms with Crippen molar-refractivity contribution < 1.29 is 14.3 Å². The molecular weight excluding hydrogens is 396 g/mol. The zero-order valence-corrected chi connectivity index (χ0v) is 18.7. The fourth-order valence-corrected chi connectivity index (χ4v) is 4.25. The zero-order valence-electron chi connectivity index (χ0n) is 17.9. The lowest BCUT2D eigenvalue weighted by Crippen LogP contribution is -2.30. The first-order valence-electron chi connectivity index (χ1n) is 10.2. The van der Waals surface area contributed by atoms with Crippen LogP contribution in [0.1, 0.15) is 43.5 Å². The molecule has 6 heteroatoms. The highest BCUT2D eigenvalue weighted by molar-refractivity contribution is 8.13. The number of nitrogens with one attached hydrogen (secondary N) is 1. The molecule has 0 bridgehead atoms. The van der Waals surface area contributed by atoms with E-state index < -0.39 is 6.04 Å². The van der Waals surface area contributed by atoms with Crippen LogP contribution in [0.15, 0.2) is 64.8 Å². The van der Waals surface area contributed by atoms with E-state index in [4.69, 9.17) is 14.5 Å². The van der Waals surface area contributed by atoms with Crippen molar-refractivity contribution in [1.29, 1.82) is 0 Å². The number of para-hydroxylation sites is 1. The smallest absolute Gasteiger partial charge is 0.338 e. The fourth-order valence-electron chi connectivity index (χ4n) is 3.37. The molecule has 5 nitrogen and oxygen atoms in total. The van der Waals surface area contributed by atoms with E-state index in [1.165, 1.54) is 11.1 Å². The van der Waals surface area contributed by atoms with E-state index in [0.29, 0.717) is 18.8 Å². The minimum absolute atomic E-state index is 0.314. The maximum absolute atomic E-state index is 12.7. The summed E-state index contributed by atoms with van der Waals surface area (Å²) in [4.78, 5) is 17.6. The Balaban J connectivity index is 1.94. The van der Waals surface area contributed by atoms with Crippen LogP contribution in [0, 0.1) is 6.92 Å². The van der Waals surface area contributed by atoms with Crippen LogP contribution in [-0.2, 0) is 15.3 Å². The number of ether oxygens (including phenoxy) is 2. The Morgan fingerprint density at radius 3 is 2.63 bits per heavy atom. The van der Waals surface area contributed by atoms with Crippen molar-refractivity contribution in [2.24, 2.45) is 4.99 Å². The summed E-state index contributed by atoms with van der Waals surface area (Å²) in [7, 11) is 0. The summed E-state index contributed by atoms with van der Waals surface area (Å²) in [5, 5.41) is 4.07. The molecule has 0 aliphatic carbocycles. The summed E-state index contributed by atoms with van der Waals surface area (Å²) in [5.41, 5.74) is 4.59. The van der Waals surface area contributed by atoms with E-state index in [2.05, 4.69) is 36.5 Å². The number of aliphatic imine (C=N–C) groups is 1. The maximum atomic E-state index is 12.7. The van der Waals surface area contributed by atoms with E-state index in [1.807, 2.05) is 38.1 Å². The molecule has 0 saturated heterocycles. The van der Waals surface area contributed by atoms with Gasteiger partial charge in [0.2, 0.25) is 0 Å². The fraction of sp³-hybridized carbons (Fsp3) is 0.333. The molecule has 0 radical (unpaired) electrons. The van der Waals surface area contributed by atoms with E-state index in [9.17, 15) is 4.79 Å². The molecule has 0 amide bonds. The van der Waals surface area contributed by atoms with Crippen LogP contribution in [0.25, 0.3) is 0 Å². The Bertz CT molecular complexity index is 968. The second kappa shape index (κ2) is 10.3. The number of carbonyl (C=O) groups is 1. The highest BCUT2D eigenvalue weighted by atomic mass is 32.2. The third-order valence-electron chi connectivity index (χ3n) is 4.69. The molecule has 30 heavy (non-hydrogen) atoms. The summed E-state index contributed by atoms with van der Waals surface area (Å²) >= 11 is 1.62. The highest BCUT2D eigenvalue weighted by Gasteiger charge is 2.32. The molecular formula is C24H28N2O3S. The van der Waals surface area contributed by atoms with Crippen molar-refractivity contribution in [3.63, 3.8) is 0 Å². The molecule has 0 aromatic heterocycles. The molecule has 1 heterocycles. The van der Waals surface area contributed by atoms with Crippen LogP contribution in [0.4, 0.5) is 0 Å². The van der Waals surface area contributed by atoms with Gasteiger partial charge < -0.3 is 14.8 Å². The predicted molar refractivity (Wildman–Crippen MR) is 123 cm³/mol. The minimum Gasteiger partial charge on any atom is -0.494 e. The van der Waals surface area contributed by atoms with Crippen LogP contribution in [0.5, 0.6) is 5.75 Å². The van der Waals surface area contributed by atoms with E-state index >= 15 is 0 Å². The van der Waals surface area contributed by atoms with Gasteiger partial charge in [-0.05, 0) is 39.3 Å². The quantitative estimate of drug-likeness (QED) is 0.622. The van der Waals surface area contributed by atoms with Gasteiger partial charge in [-0.3, -0.25) is 0 Å². The molecule has 0 spiro atoms. The van der Waals surface area contributed by atoms with Gasteiger partial charge in [0.1, 0.15) is 11.8 Å². The number of thioether (sulfide) groups is 1. The number of allylic oxidation sites excluding steroid dienone is 1. The van der Waals surface area contributed by atoms with Crippen molar-refractivity contribution in [2.75, 3.05) is 13.2 Å². The predicted octanol–water partition coefficient (Wildman–Crippen LogP) is 5.16. The molecule has 3 rings (SSSR count). The van der Waals surface area contributed by atoms with Crippen molar-refractivity contribution >= 4 is 22.9 Å². The van der Waals surface area contributed by atoms with Crippen LogP contribution in [0.2, 0.25) is 0 Å². The topological polar surface area (TPSA) is 59.9 Å². The molecule has 0 unspecified atom stereocenters. The van der Waals surface area contributed by atoms with Crippen LogP contribution in [0.3, 0.4) is 0 Å². The first-order valence-corrected chi connectivity index (χ1v) is 11.1. The minimum atomic E-state index is -0.479. The number of hydrogen-bond donors (Lipinski definition) is 1. The molecule has 0 fully saturated rings. The average Bonchev–Trinajstić information content (AvgIpc) is 2.72. The number of benzene rings is 2. The molecule has 1 aliphatic rings. The monoisotopic (exact) mass is 424 g/mol. The molecule has 2 aromatic rings. The number of carbonyl (C=O) groups excluding carboxylic acids is 1. The number of nitrogens with zero attached hydrogens (tertiary/aromatic N) is 1. The third-order valence-corrected chi connectivity index (χ3v) is 5.64. The summed E-state index contributed by atoms with van der Waals surface area (Å²) in [5.74, 6) is 1.16. The molecule has 158 valence electrons. The summed E-state index contributed by atoms with van der Waals surface area (Å²) in [6, 6.07) is 15.7. The van der Waals surface area contributed by atoms with Crippen molar-refractivity contribution in [3.8, 4) is 5.75 Å². The molecule has 0 saturated carbocycles. The van der Waals surface area contributed by atoms with Crippen molar-refractivity contribution in [3.05, 3.63) is 76.5 Å². The van der Waals surface area contributed by atoms with E-state index in [1.54, 1.807) is 18.7 Å².